The highest BCUT2D eigenvalue weighted by Crippen LogP contribution is 2.30. The van der Waals surface area contributed by atoms with E-state index in [0.717, 1.165) is 32.7 Å². The topological polar surface area (TPSA) is 71.7 Å². The molecule has 1 amide bonds. The third kappa shape index (κ3) is 4.27. The maximum absolute atomic E-state index is 12.8. The Morgan fingerprint density at radius 1 is 1.11 bits per heavy atom. The van der Waals surface area contributed by atoms with Gasteiger partial charge in [0.15, 0.2) is 0 Å². The van der Waals surface area contributed by atoms with Crippen molar-refractivity contribution < 1.29 is 18.0 Å². The van der Waals surface area contributed by atoms with Crippen LogP contribution in [0.15, 0.2) is 0 Å². The number of alkyl halides is 4. The van der Waals surface area contributed by atoms with E-state index >= 15 is 0 Å². The number of hydrogen-bond acceptors (Lipinski definition) is 6. The standard InChI is InChI=1S/C17H28ClF3N6O/c18-15-13(6-24-25-16(15)28)26-4-3-12-11(8-26)23-9-27(12)7-10-1-2-14(22-5-10)17(19,20)21/h10-15,22-24H,1-9H2,(H,25,28). The van der Waals surface area contributed by atoms with Gasteiger partial charge in [0, 0.05) is 51.0 Å². The van der Waals surface area contributed by atoms with E-state index in [0.29, 0.717) is 31.6 Å². The highest BCUT2D eigenvalue weighted by molar-refractivity contribution is 6.31. The Hall–Kier alpha value is -0.650. The second kappa shape index (κ2) is 8.23. The molecule has 4 saturated heterocycles. The van der Waals surface area contributed by atoms with Gasteiger partial charge in [-0.3, -0.25) is 25.3 Å². The minimum absolute atomic E-state index is 0.0333. The quantitative estimate of drug-likeness (QED) is 0.472. The molecule has 0 saturated carbocycles. The van der Waals surface area contributed by atoms with E-state index in [9.17, 15) is 18.0 Å². The number of fused-ring (bicyclic) bond motifs is 1. The van der Waals surface area contributed by atoms with Gasteiger partial charge in [-0.1, -0.05) is 0 Å². The summed E-state index contributed by atoms with van der Waals surface area (Å²) in [7, 11) is 0. The molecule has 0 radical (unpaired) electrons. The molecule has 11 heteroatoms. The second-order valence-electron chi connectivity index (χ2n) is 8.38. The number of amides is 1. The molecular weight excluding hydrogens is 397 g/mol. The van der Waals surface area contributed by atoms with Crippen molar-refractivity contribution >= 4 is 17.5 Å². The molecule has 6 unspecified atom stereocenters. The van der Waals surface area contributed by atoms with Gasteiger partial charge in [-0.2, -0.15) is 13.2 Å². The van der Waals surface area contributed by atoms with Crippen molar-refractivity contribution in [2.45, 2.75) is 55.0 Å². The molecule has 0 aromatic carbocycles. The van der Waals surface area contributed by atoms with Crippen molar-refractivity contribution in [3.63, 3.8) is 0 Å². The Bertz CT molecular complexity index is 574. The summed E-state index contributed by atoms with van der Waals surface area (Å²) >= 11 is 6.30. The van der Waals surface area contributed by atoms with Gasteiger partial charge in [0.05, 0.1) is 0 Å². The largest absolute Gasteiger partial charge is 0.403 e. The number of hydrazine groups is 1. The van der Waals surface area contributed by atoms with Gasteiger partial charge < -0.3 is 5.32 Å². The van der Waals surface area contributed by atoms with E-state index in [-0.39, 0.29) is 24.3 Å². The van der Waals surface area contributed by atoms with Crippen molar-refractivity contribution in [2.24, 2.45) is 5.92 Å². The second-order valence-corrected chi connectivity index (χ2v) is 8.85. The monoisotopic (exact) mass is 424 g/mol. The van der Waals surface area contributed by atoms with Crippen LogP contribution in [0.5, 0.6) is 0 Å². The normalized spacial score (nSPS) is 40.9. The molecule has 4 N–H and O–H groups in total. The fraction of sp³-hybridized carbons (Fsp3) is 0.941. The summed E-state index contributed by atoms with van der Waals surface area (Å²) in [6.45, 7) is 4.30. The molecule has 4 fully saturated rings. The predicted molar refractivity (Wildman–Crippen MR) is 98.6 cm³/mol. The summed E-state index contributed by atoms with van der Waals surface area (Å²) in [5.41, 5.74) is 5.47. The lowest BCUT2D eigenvalue weighted by atomic mass is 9.92. The van der Waals surface area contributed by atoms with Gasteiger partial charge in [0.1, 0.15) is 11.4 Å². The molecule has 0 aromatic rings. The average Bonchev–Trinajstić information content (AvgIpc) is 3.06. The molecular formula is C17H28ClF3N6O. The number of nitrogens with one attached hydrogen (secondary N) is 4. The van der Waals surface area contributed by atoms with E-state index in [1.807, 2.05) is 0 Å². The third-order valence-corrected chi connectivity index (χ3v) is 7.11. The Morgan fingerprint density at radius 2 is 1.93 bits per heavy atom. The van der Waals surface area contributed by atoms with Crippen LogP contribution in [0, 0.1) is 5.92 Å². The van der Waals surface area contributed by atoms with Gasteiger partial charge in [0.2, 0.25) is 0 Å². The summed E-state index contributed by atoms with van der Waals surface area (Å²) in [5, 5.41) is 5.66. The van der Waals surface area contributed by atoms with Gasteiger partial charge in [-0.15, -0.1) is 11.6 Å². The molecule has 0 aromatic heterocycles. The highest BCUT2D eigenvalue weighted by Gasteiger charge is 2.45. The predicted octanol–water partition coefficient (Wildman–Crippen LogP) is -0.167. The molecule has 160 valence electrons. The van der Waals surface area contributed by atoms with Crippen molar-refractivity contribution in [3.05, 3.63) is 0 Å². The number of halogens is 4. The Kier molecular flexibility index (Phi) is 6.06. The zero-order valence-electron chi connectivity index (χ0n) is 15.6. The lowest BCUT2D eigenvalue weighted by Crippen LogP contribution is -2.65. The summed E-state index contributed by atoms with van der Waals surface area (Å²) in [4.78, 5) is 16.5. The molecule has 4 heterocycles. The maximum atomic E-state index is 12.8. The molecule has 7 nitrogen and oxygen atoms in total. The number of carbonyl (C=O) groups excluding carboxylic acids is 1. The van der Waals surface area contributed by atoms with Gasteiger partial charge in [-0.25, -0.2) is 5.43 Å². The fourth-order valence-electron chi connectivity index (χ4n) is 5.04. The van der Waals surface area contributed by atoms with Crippen LogP contribution in [0.2, 0.25) is 0 Å². The van der Waals surface area contributed by atoms with Crippen LogP contribution >= 0.6 is 11.6 Å². The van der Waals surface area contributed by atoms with Crippen molar-refractivity contribution in [1.82, 2.24) is 31.3 Å². The maximum Gasteiger partial charge on any atom is 0.403 e. The number of piperidine rings is 2. The first-order valence-corrected chi connectivity index (χ1v) is 10.4. The van der Waals surface area contributed by atoms with E-state index in [2.05, 4.69) is 31.3 Å². The van der Waals surface area contributed by atoms with Gasteiger partial charge in [0.25, 0.3) is 5.91 Å². The van der Waals surface area contributed by atoms with Crippen LogP contribution < -0.4 is 21.5 Å². The zero-order chi connectivity index (χ0) is 19.9. The van der Waals surface area contributed by atoms with Crippen LogP contribution in [0.25, 0.3) is 0 Å². The molecule has 28 heavy (non-hydrogen) atoms. The molecule has 4 rings (SSSR count). The number of nitrogens with zero attached hydrogens (tertiary/aromatic N) is 2. The lowest BCUT2D eigenvalue weighted by Gasteiger charge is -2.44. The summed E-state index contributed by atoms with van der Waals surface area (Å²) in [5.74, 6) is 0.0543. The van der Waals surface area contributed by atoms with E-state index in [4.69, 9.17) is 11.6 Å². The summed E-state index contributed by atoms with van der Waals surface area (Å²) < 4.78 is 38.4. The first-order valence-electron chi connectivity index (χ1n) is 10.0. The Balaban J connectivity index is 1.27. The zero-order valence-corrected chi connectivity index (χ0v) is 16.4. The number of likely N-dealkylation sites (tertiary alicyclic amines) is 1. The number of carbonyl (C=O) groups is 1. The van der Waals surface area contributed by atoms with Gasteiger partial charge >= 0.3 is 6.18 Å². The Morgan fingerprint density at radius 3 is 2.64 bits per heavy atom. The first-order chi connectivity index (χ1) is 13.3. The minimum Gasteiger partial charge on any atom is -0.306 e. The van der Waals surface area contributed by atoms with Crippen LogP contribution in [0.4, 0.5) is 13.2 Å². The molecule has 0 bridgehead atoms. The smallest absolute Gasteiger partial charge is 0.306 e. The van der Waals surface area contributed by atoms with Crippen molar-refractivity contribution in [1.29, 1.82) is 0 Å². The summed E-state index contributed by atoms with van der Waals surface area (Å²) in [6.07, 6.45) is -2.42. The van der Waals surface area contributed by atoms with Crippen LogP contribution in [-0.2, 0) is 4.79 Å². The number of rotatable bonds is 3. The highest BCUT2D eigenvalue weighted by atomic mass is 35.5. The molecule has 4 aliphatic heterocycles. The van der Waals surface area contributed by atoms with Crippen molar-refractivity contribution in [2.75, 3.05) is 39.4 Å². The molecule has 6 atom stereocenters. The van der Waals surface area contributed by atoms with Crippen LogP contribution in [-0.4, -0.2) is 90.8 Å². The average molecular weight is 425 g/mol. The summed E-state index contributed by atoms with van der Waals surface area (Å²) in [6, 6.07) is -0.715. The van der Waals surface area contributed by atoms with Crippen LogP contribution in [0.3, 0.4) is 0 Å². The molecule has 0 aliphatic carbocycles. The van der Waals surface area contributed by atoms with E-state index in [1.165, 1.54) is 0 Å². The van der Waals surface area contributed by atoms with E-state index < -0.39 is 17.6 Å². The van der Waals surface area contributed by atoms with Gasteiger partial charge in [-0.05, 0) is 31.7 Å². The Labute approximate surface area is 167 Å². The number of hydrogen-bond donors (Lipinski definition) is 4. The molecule has 0 spiro atoms. The SMILES string of the molecule is O=C1NNCC(N2CCC3C(C2)NCN3CC2CCC(C(F)(F)F)NC2)C1Cl. The third-order valence-electron chi connectivity index (χ3n) is 6.62. The molecule has 4 aliphatic rings. The van der Waals surface area contributed by atoms with Crippen molar-refractivity contribution in [3.8, 4) is 0 Å². The van der Waals surface area contributed by atoms with E-state index in [1.54, 1.807) is 0 Å². The minimum atomic E-state index is -4.15. The lowest BCUT2D eigenvalue weighted by molar-refractivity contribution is -0.162. The fourth-order valence-corrected chi connectivity index (χ4v) is 5.34. The first kappa shape index (κ1) is 20.6. The van der Waals surface area contributed by atoms with Crippen LogP contribution in [0.1, 0.15) is 19.3 Å².